The van der Waals surface area contributed by atoms with Gasteiger partial charge in [-0.25, -0.2) is 9.59 Å². The molecule has 20 heteroatoms. The molecule has 0 spiro atoms. The summed E-state index contributed by atoms with van der Waals surface area (Å²) < 4.78 is 0. The minimum absolute atomic E-state index is 0.00261. The Morgan fingerprint density at radius 2 is 1.31 bits per heavy atom. The summed E-state index contributed by atoms with van der Waals surface area (Å²) in [7, 11) is 0. The lowest BCUT2D eigenvalue weighted by molar-refractivity contribution is -0.140. The number of hydrogen-bond donors (Lipinski definition) is 9. The van der Waals surface area contributed by atoms with Crippen molar-refractivity contribution in [3.63, 3.8) is 0 Å². The van der Waals surface area contributed by atoms with E-state index < -0.39 is 41.8 Å². The highest BCUT2D eigenvalue weighted by Gasteiger charge is 2.32. The first-order valence-electron chi connectivity index (χ1n) is 24.7. The maximum Gasteiger partial charge on any atom is 0.326 e. The lowest BCUT2D eigenvalue weighted by Crippen LogP contribution is -2.46. The van der Waals surface area contributed by atoms with Gasteiger partial charge in [0.25, 0.3) is 0 Å². The van der Waals surface area contributed by atoms with E-state index in [9.17, 15) is 44.1 Å². The van der Waals surface area contributed by atoms with Gasteiger partial charge in [-0.15, -0.1) is 0 Å². The summed E-state index contributed by atoms with van der Waals surface area (Å²) in [5.74, 6) is -4.53. The zero-order chi connectivity index (χ0) is 52.1. The molecule has 0 aromatic heterocycles. The van der Waals surface area contributed by atoms with Gasteiger partial charge in [0, 0.05) is 101 Å². The fourth-order valence-electron chi connectivity index (χ4n) is 8.13. The molecule has 4 rings (SSSR count). The predicted octanol–water partition coefficient (Wildman–Crippen LogP) is 5.75. The Morgan fingerprint density at radius 3 is 1.96 bits per heavy atom. The number of aryl methyl sites for hydroxylation is 1. The van der Waals surface area contributed by atoms with Crippen LogP contribution in [0.4, 0.5) is 10.5 Å². The number of carboxylic acids is 3. The number of phenols is 1. The Bertz CT molecular complexity index is 2230. The number of urea groups is 1. The monoisotopic (exact) mass is 1010 g/mol. The van der Waals surface area contributed by atoms with Crippen LogP contribution in [0, 0.1) is 12.8 Å². The molecule has 1 aliphatic rings. The lowest BCUT2D eigenvalue weighted by atomic mass is 9.94. The van der Waals surface area contributed by atoms with Gasteiger partial charge in [0.15, 0.2) is 5.11 Å². The van der Waals surface area contributed by atoms with E-state index in [0.717, 1.165) is 55.8 Å². The summed E-state index contributed by atoms with van der Waals surface area (Å²) in [6.45, 7) is 7.41. The molecule has 9 N–H and O–H groups in total. The third kappa shape index (κ3) is 22.1. The first-order chi connectivity index (χ1) is 34.7. The maximum absolute atomic E-state index is 13.0. The lowest BCUT2D eigenvalue weighted by Gasteiger charge is -2.30. The minimum atomic E-state index is -1.24. The number of rotatable bonds is 33. The van der Waals surface area contributed by atoms with Gasteiger partial charge in [-0.3, -0.25) is 39.0 Å². The van der Waals surface area contributed by atoms with Crippen LogP contribution in [-0.2, 0) is 24.0 Å². The van der Waals surface area contributed by atoms with Crippen LogP contribution in [0.1, 0.15) is 105 Å². The van der Waals surface area contributed by atoms with Crippen molar-refractivity contribution < 1.29 is 49.2 Å². The number of aliphatic carboxylic acids is 3. The van der Waals surface area contributed by atoms with Crippen molar-refractivity contribution in [2.24, 2.45) is 15.9 Å². The number of ketones is 1. The smallest absolute Gasteiger partial charge is 0.326 e. The van der Waals surface area contributed by atoms with Gasteiger partial charge in [-0.2, -0.15) is 0 Å². The molecule has 3 aromatic carbocycles. The summed E-state index contributed by atoms with van der Waals surface area (Å²) in [6.07, 6.45) is 6.48. The first-order valence-corrected chi connectivity index (χ1v) is 25.1. The van der Waals surface area contributed by atoms with Crippen LogP contribution < -0.4 is 26.6 Å². The zero-order valence-electron chi connectivity index (χ0n) is 41.1. The summed E-state index contributed by atoms with van der Waals surface area (Å²) in [6, 6.07) is 21.6. The average Bonchev–Trinajstić information content (AvgIpc) is 3.75. The molecule has 3 atom stereocenters. The van der Waals surface area contributed by atoms with E-state index in [0.29, 0.717) is 49.6 Å². The molecule has 0 aliphatic carbocycles. The average molecular weight is 1010 g/mol. The molecule has 72 heavy (non-hydrogen) atoms. The minimum Gasteiger partial charge on any atom is -0.507 e. The summed E-state index contributed by atoms with van der Waals surface area (Å²) in [5.41, 5.74) is 4.95. The van der Waals surface area contributed by atoms with Gasteiger partial charge in [-0.05, 0) is 105 Å². The Kier molecular flexibility index (Phi) is 25.9. The second-order valence-electron chi connectivity index (χ2n) is 17.7. The number of aromatic hydroxyl groups is 1. The normalized spacial score (nSPS) is 14.7. The molecule has 1 fully saturated rings. The van der Waals surface area contributed by atoms with Crippen molar-refractivity contribution in [3.05, 3.63) is 95.1 Å². The maximum atomic E-state index is 13.0. The third-order valence-electron chi connectivity index (χ3n) is 12.1. The molecule has 3 aromatic rings. The molecule has 3 amide bonds. The Hall–Kier alpha value is -6.77. The highest BCUT2D eigenvalue weighted by Crippen LogP contribution is 2.30. The number of nitrogens with zero attached hydrogens (tertiary/aromatic N) is 4. The molecule has 1 heterocycles. The molecule has 1 aliphatic heterocycles. The van der Waals surface area contributed by atoms with Crippen molar-refractivity contribution in [1.29, 1.82) is 0 Å². The number of phenolic OH excluding ortho intramolecular Hbond substituents is 1. The number of Topliss-reactive ketones (excluding diaryl/α,β-unsaturated/α-hetero) is 1. The fourth-order valence-corrected chi connectivity index (χ4v) is 8.35. The van der Waals surface area contributed by atoms with Gasteiger partial charge in [0.2, 0.25) is 5.91 Å². The van der Waals surface area contributed by atoms with Crippen LogP contribution in [0.5, 0.6) is 5.75 Å². The number of carbonyl (C=O) groups excluding carboxylic acids is 3. The predicted molar refractivity (Wildman–Crippen MR) is 281 cm³/mol. The number of para-hydroxylation sites is 1. The van der Waals surface area contributed by atoms with Gasteiger partial charge >= 0.3 is 23.9 Å². The molecule has 1 unspecified atom stereocenters. The van der Waals surface area contributed by atoms with Crippen LogP contribution in [0.25, 0.3) is 0 Å². The van der Waals surface area contributed by atoms with E-state index >= 15 is 0 Å². The van der Waals surface area contributed by atoms with E-state index in [-0.39, 0.29) is 75.7 Å². The van der Waals surface area contributed by atoms with Gasteiger partial charge in [0.1, 0.15) is 17.6 Å². The van der Waals surface area contributed by atoms with Crippen LogP contribution >= 0.6 is 12.2 Å². The highest BCUT2D eigenvalue weighted by atomic mass is 32.1. The molecular formula is C52H71N9O10S. The molecule has 390 valence electrons. The van der Waals surface area contributed by atoms with Crippen molar-refractivity contribution in [2.75, 3.05) is 64.2 Å². The largest absolute Gasteiger partial charge is 0.507 e. The molecule has 0 radical (unpaired) electrons. The van der Waals surface area contributed by atoms with Crippen LogP contribution in [0.2, 0.25) is 0 Å². The number of carbonyl (C=O) groups is 6. The molecule has 0 saturated carbocycles. The number of amides is 3. The SMILES string of the molecule is Cc1ccccc1C=NCCN1CCN(CCN=Cc2ccccc2O)C1c1ccc(NC(=S)NCCCCCC(=O)C[C@@H](CCC(=O)O)C(=O)NCCCC[C@H](NC(=O)NCCCC(=O)O)C(=O)O)cc1. The molecule has 0 bridgehead atoms. The van der Waals surface area contributed by atoms with Crippen molar-refractivity contribution >= 4 is 71.1 Å². The standard InChI is InChI=1S/C52H71N9O10S/c1-37-12-4-5-13-40(37)35-53-28-30-60-32-33-61(31-29-54-36-41-14-6-7-17-45(41)63)49(60)38-19-22-42(23-20-38)58-52(72)57-26-9-2-3-15-43(62)34-39(21-24-47(66)67)48(68)55-25-10-8-16-44(50(69)70)59-51(71)56-27-11-18-46(64)65/h4-7,12-14,17,19-20,22-23,35-36,39,44,49,63H,2-3,8-11,15-16,18,21,24-34H2,1H3,(H,55,68)(H,64,65)(H,66,67)(H,69,70)(H2,56,59,71)(H2,57,58,72)/t39-,44+,49?/m1/s1. The number of nitrogens with one attached hydrogen (secondary N) is 5. The number of aliphatic imine (C=N–C) groups is 2. The van der Waals surface area contributed by atoms with E-state index in [1.165, 1.54) is 5.56 Å². The number of thiocarbonyl (C=S) groups is 1. The highest BCUT2D eigenvalue weighted by molar-refractivity contribution is 7.80. The topological polar surface area (TPSA) is 275 Å². The van der Waals surface area contributed by atoms with Gasteiger partial charge in [-0.1, -0.05) is 55.0 Å². The van der Waals surface area contributed by atoms with Crippen molar-refractivity contribution in [3.8, 4) is 5.75 Å². The number of anilines is 1. The third-order valence-corrected chi connectivity index (χ3v) is 12.3. The number of benzene rings is 3. The van der Waals surface area contributed by atoms with E-state index in [1.807, 2.05) is 42.6 Å². The summed E-state index contributed by atoms with van der Waals surface area (Å²) >= 11 is 5.59. The number of carboxylic acid groups (broad SMARTS) is 3. The number of hydrogen-bond acceptors (Lipinski definition) is 12. The molecule has 1 saturated heterocycles. The van der Waals surface area contributed by atoms with Gasteiger partial charge in [0.05, 0.1) is 19.3 Å². The zero-order valence-corrected chi connectivity index (χ0v) is 41.9. The molecular weight excluding hydrogens is 943 g/mol. The van der Waals surface area contributed by atoms with Crippen LogP contribution in [-0.4, -0.2) is 148 Å². The van der Waals surface area contributed by atoms with E-state index in [2.05, 4.69) is 72.6 Å². The van der Waals surface area contributed by atoms with Crippen molar-refractivity contribution in [2.45, 2.75) is 96.2 Å². The Balaban J connectivity index is 1.17. The molecule has 19 nitrogen and oxygen atoms in total. The second-order valence-corrected chi connectivity index (χ2v) is 18.1. The van der Waals surface area contributed by atoms with Crippen LogP contribution in [0.15, 0.2) is 82.8 Å². The van der Waals surface area contributed by atoms with E-state index in [4.69, 9.17) is 22.3 Å². The quantitative estimate of drug-likeness (QED) is 0.0200. The van der Waals surface area contributed by atoms with E-state index in [1.54, 1.807) is 18.3 Å². The van der Waals surface area contributed by atoms with Gasteiger partial charge < -0.3 is 47.0 Å². The fraction of sp³-hybridized carbons (Fsp3) is 0.481. The van der Waals surface area contributed by atoms with Crippen molar-refractivity contribution in [1.82, 2.24) is 31.1 Å². The Labute approximate surface area is 427 Å². The number of unbranched alkanes of at least 4 members (excludes halogenated alkanes) is 3. The summed E-state index contributed by atoms with van der Waals surface area (Å²) in [5, 5.41) is 52.0. The Morgan fingerprint density at radius 1 is 0.694 bits per heavy atom. The van der Waals surface area contributed by atoms with Crippen LogP contribution in [0.3, 0.4) is 0 Å². The summed E-state index contributed by atoms with van der Waals surface area (Å²) in [4.78, 5) is 85.7. The first kappa shape index (κ1) is 57.8. The second kappa shape index (κ2) is 32.3.